The van der Waals surface area contributed by atoms with Gasteiger partial charge in [-0.15, -0.1) is 0 Å². The van der Waals surface area contributed by atoms with Gasteiger partial charge in [0, 0.05) is 48.2 Å². The van der Waals surface area contributed by atoms with Gasteiger partial charge >= 0.3 is 0 Å². The fraction of sp³-hybridized carbons (Fsp3) is 0.567. The summed E-state index contributed by atoms with van der Waals surface area (Å²) in [6.45, 7) is 7.52. The van der Waals surface area contributed by atoms with Gasteiger partial charge in [0.2, 0.25) is 0 Å². The number of nitrogens with zero attached hydrogens (tertiary/aromatic N) is 3. The highest BCUT2D eigenvalue weighted by Crippen LogP contribution is 2.29. The molecular weight excluding hydrogens is 478 g/mol. The van der Waals surface area contributed by atoms with Gasteiger partial charge in [-0.1, -0.05) is 31.9 Å². The lowest BCUT2D eigenvalue weighted by atomic mass is 9.92. The summed E-state index contributed by atoms with van der Waals surface area (Å²) in [5.74, 6) is 0.939. The molecule has 2 aromatic heterocycles. The molecule has 2 saturated carbocycles. The standard InChI is InChI=1S/C23H27N5O.C7H14O2/c1-14-11-16(7-10-19(14)23(29)26-18-8-9-18)20-13-24-28-15(2)12-21(27-22(20)28)25-17-5-3-4-6-17;1-2-7(8)3-5-9-6-4-7/h7,10-13,17-18H,3-6,8-9H2,1-2H3,(H,25,27)(H,26,29);8H,2-6H2,1H3. The number of amides is 1. The number of benzene rings is 1. The molecule has 3 fully saturated rings. The molecule has 0 radical (unpaired) electrons. The van der Waals surface area contributed by atoms with Crippen molar-refractivity contribution in [2.24, 2.45) is 0 Å². The Balaban J connectivity index is 0.000000278. The summed E-state index contributed by atoms with van der Waals surface area (Å²) in [5, 5.41) is 20.8. The number of nitrogens with one attached hydrogen (secondary N) is 2. The van der Waals surface area contributed by atoms with E-state index in [9.17, 15) is 9.90 Å². The highest BCUT2D eigenvalue weighted by atomic mass is 16.5. The number of rotatable bonds is 6. The van der Waals surface area contributed by atoms with Gasteiger partial charge < -0.3 is 20.5 Å². The van der Waals surface area contributed by atoms with Crippen LogP contribution in [0.4, 0.5) is 5.82 Å². The zero-order valence-corrected chi connectivity index (χ0v) is 22.9. The normalized spacial score (nSPS) is 19.2. The Bertz CT molecular complexity index is 1270. The number of carbonyl (C=O) groups excluding carboxylic acids is 1. The van der Waals surface area contributed by atoms with Crippen molar-refractivity contribution in [1.82, 2.24) is 19.9 Å². The number of fused-ring (bicyclic) bond motifs is 1. The Morgan fingerprint density at radius 2 is 1.84 bits per heavy atom. The fourth-order valence-corrected chi connectivity index (χ4v) is 5.35. The first-order valence-electron chi connectivity index (χ1n) is 14.2. The highest BCUT2D eigenvalue weighted by Gasteiger charge is 2.27. The lowest BCUT2D eigenvalue weighted by Crippen LogP contribution is -2.35. The van der Waals surface area contributed by atoms with E-state index in [1.165, 1.54) is 25.7 Å². The molecule has 204 valence electrons. The lowest BCUT2D eigenvalue weighted by Gasteiger charge is -2.30. The van der Waals surface area contributed by atoms with Crippen molar-refractivity contribution in [3.05, 3.63) is 47.3 Å². The van der Waals surface area contributed by atoms with Gasteiger partial charge in [-0.25, -0.2) is 9.50 Å². The second-order valence-corrected chi connectivity index (χ2v) is 11.2. The van der Waals surface area contributed by atoms with Crippen molar-refractivity contribution in [1.29, 1.82) is 0 Å². The molecule has 0 spiro atoms. The van der Waals surface area contributed by atoms with Crippen LogP contribution in [0.25, 0.3) is 16.8 Å². The lowest BCUT2D eigenvalue weighted by molar-refractivity contribution is -0.0650. The highest BCUT2D eigenvalue weighted by molar-refractivity contribution is 5.97. The SMILES string of the molecule is CCC1(O)CCOCC1.Cc1cc(-c2cnn3c(C)cc(NC4CCCC4)nc23)ccc1C(=O)NC1CC1. The third-order valence-corrected chi connectivity index (χ3v) is 8.13. The average Bonchev–Trinajstić information content (AvgIpc) is 3.37. The van der Waals surface area contributed by atoms with E-state index in [4.69, 9.17) is 9.72 Å². The monoisotopic (exact) mass is 519 g/mol. The van der Waals surface area contributed by atoms with Crippen LogP contribution in [0.15, 0.2) is 30.5 Å². The van der Waals surface area contributed by atoms with Gasteiger partial charge in [0.25, 0.3) is 5.91 Å². The molecule has 3 aromatic rings. The molecular formula is C30H41N5O3. The molecule has 3 N–H and O–H groups in total. The first-order chi connectivity index (χ1) is 18.3. The zero-order valence-electron chi connectivity index (χ0n) is 22.9. The van der Waals surface area contributed by atoms with E-state index < -0.39 is 5.60 Å². The quantitative estimate of drug-likeness (QED) is 0.414. The van der Waals surface area contributed by atoms with Gasteiger partial charge in [-0.2, -0.15) is 5.10 Å². The minimum atomic E-state index is -0.405. The van der Waals surface area contributed by atoms with Crippen molar-refractivity contribution >= 4 is 17.4 Å². The minimum Gasteiger partial charge on any atom is -0.390 e. The number of anilines is 1. The van der Waals surface area contributed by atoms with E-state index in [1.807, 2.05) is 36.7 Å². The van der Waals surface area contributed by atoms with E-state index in [0.717, 1.165) is 84.7 Å². The van der Waals surface area contributed by atoms with E-state index >= 15 is 0 Å². The molecule has 3 aliphatic rings. The number of hydrogen-bond donors (Lipinski definition) is 3. The Morgan fingerprint density at radius 3 is 2.47 bits per heavy atom. The van der Waals surface area contributed by atoms with Gasteiger partial charge in [-0.3, -0.25) is 4.79 Å². The molecule has 8 nitrogen and oxygen atoms in total. The largest absolute Gasteiger partial charge is 0.390 e. The molecule has 38 heavy (non-hydrogen) atoms. The van der Waals surface area contributed by atoms with Crippen LogP contribution in [0.2, 0.25) is 0 Å². The van der Waals surface area contributed by atoms with Crippen molar-refractivity contribution < 1.29 is 14.6 Å². The second kappa shape index (κ2) is 11.4. The molecule has 0 unspecified atom stereocenters. The molecule has 1 aromatic carbocycles. The Morgan fingerprint density at radius 1 is 1.11 bits per heavy atom. The predicted molar refractivity (Wildman–Crippen MR) is 150 cm³/mol. The van der Waals surface area contributed by atoms with Crippen LogP contribution in [0, 0.1) is 13.8 Å². The van der Waals surface area contributed by atoms with Crippen LogP contribution in [0.3, 0.4) is 0 Å². The van der Waals surface area contributed by atoms with Crippen molar-refractivity contribution in [3.63, 3.8) is 0 Å². The summed E-state index contributed by atoms with van der Waals surface area (Å²) in [7, 11) is 0. The average molecular weight is 520 g/mol. The molecule has 0 bridgehead atoms. The molecule has 0 atom stereocenters. The minimum absolute atomic E-state index is 0.0217. The van der Waals surface area contributed by atoms with E-state index in [-0.39, 0.29) is 5.91 Å². The molecule has 1 amide bonds. The number of carbonyl (C=O) groups is 1. The summed E-state index contributed by atoms with van der Waals surface area (Å²) < 4.78 is 6.99. The Kier molecular flexibility index (Phi) is 8.00. The van der Waals surface area contributed by atoms with Crippen molar-refractivity contribution in [2.75, 3.05) is 18.5 Å². The molecule has 6 rings (SSSR count). The van der Waals surface area contributed by atoms with Crippen LogP contribution in [-0.2, 0) is 4.74 Å². The number of aromatic nitrogens is 3. The fourth-order valence-electron chi connectivity index (χ4n) is 5.35. The van der Waals surface area contributed by atoms with Crippen LogP contribution in [0.1, 0.15) is 86.3 Å². The topological polar surface area (TPSA) is 101 Å². The van der Waals surface area contributed by atoms with Crippen LogP contribution in [0.5, 0.6) is 0 Å². The van der Waals surface area contributed by atoms with Crippen LogP contribution >= 0.6 is 0 Å². The van der Waals surface area contributed by atoms with Gasteiger partial charge in [0.1, 0.15) is 5.82 Å². The van der Waals surface area contributed by atoms with E-state index in [0.29, 0.717) is 12.1 Å². The Hall–Kier alpha value is -2.97. The molecule has 1 aliphatic heterocycles. The summed E-state index contributed by atoms with van der Waals surface area (Å²) in [4.78, 5) is 17.3. The van der Waals surface area contributed by atoms with E-state index in [2.05, 4.69) is 34.8 Å². The molecule has 8 heteroatoms. The third-order valence-electron chi connectivity index (χ3n) is 8.13. The maximum absolute atomic E-state index is 12.4. The van der Waals surface area contributed by atoms with Gasteiger partial charge in [-0.05, 0) is 76.0 Å². The predicted octanol–water partition coefficient (Wildman–Crippen LogP) is 5.20. The van der Waals surface area contributed by atoms with Crippen LogP contribution < -0.4 is 10.6 Å². The number of aryl methyl sites for hydroxylation is 2. The summed E-state index contributed by atoms with van der Waals surface area (Å²) in [5.41, 5.74) is 5.23. The first-order valence-corrected chi connectivity index (χ1v) is 14.2. The zero-order chi connectivity index (χ0) is 26.7. The third kappa shape index (κ3) is 6.18. The number of hydrogen-bond acceptors (Lipinski definition) is 6. The number of aliphatic hydroxyl groups is 1. The summed E-state index contributed by atoms with van der Waals surface area (Å²) in [6.07, 6.45) is 11.5. The maximum atomic E-state index is 12.4. The molecule has 3 heterocycles. The maximum Gasteiger partial charge on any atom is 0.251 e. The summed E-state index contributed by atoms with van der Waals surface area (Å²) in [6, 6.07) is 8.92. The van der Waals surface area contributed by atoms with Crippen molar-refractivity contribution in [2.45, 2.75) is 96.2 Å². The Labute approximate surface area is 225 Å². The summed E-state index contributed by atoms with van der Waals surface area (Å²) >= 11 is 0. The van der Waals surface area contributed by atoms with Gasteiger partial charge in [0.05, 0.1) is 11.8 Å². The molecule has 2 aliphatic carbocycles. The first kappa shape index (κ1) is 26.6. The van der Waals surface area contributed by atoms with E-state index in [1.54, 1.807) is 0 Å². The number of ether oxygens (including phenoxy) is 1. The van der Waals surface area contributed by atoms with Gasteiger partial charge in [0.15, 0.2) is 5.65 Å². The molecule has 1 saturated heterocycles. The smallest absolute Gasteiger partial charge is 0.251 e. The second-order valence-electron chi connectivity index (χ2n) is 11.2. The van der Waals surface area contributed by atoms with Crippen molar-refractivity contribution in [3.8, 4) is 11.1 Å². The van der Waals surface area contributed by atoms with Crippen LogP contribution in [-0.4, -0.2) is 56.5 Å².